The Bertz CT molecular complexity index is 643. The maximum absolute atomic E-state index is 14.0. The van der Waals surface area contributed by atoms with E-state index in [9.17, 15) is 9.50 Å². The number of ether oxygens (including phenoxy) is 1. The van der Waals surface area contributed by atoms with Crippen molar-refractivity contribution in [2.45, 2.75) is 25.9 Å². The Labute approximate surface area is 128 Å². The summed E-state index contributed by atoms with van der Waals surface area (Å²) in [6.45, 7) is 1.95. The van der Waals surface area contributed by atoms with E-state index < -0.39 is 11.9 Å². The van der Waals surface area contributed by atoms with Crippen LogP contribution in [0.4, 0.5) is 4.39 Å². The molecule has 6 heteroatoms. The number of nitrogens with zero attached hydrogens (tertiary/aromatic N) is 2. The van der Waals surface area contributed by atoms with Gasteiger partial charge < -0.3 is 9.84 Å². The highest BCUT2D eigenvalue weighted by Crippen LogP contribution is 2.32. The summed E-state index contributed by atoms with van der Waals surface area (Å²) >= 11 is 6.26. The third kappa shape index (κ3) is 3.04. The summed E-state index contributed by atoms with van der Waals surface area (Å²) in [5.74, 6) is -0.188. The summed E-state index contributed by atoms with van der Waals surface area (Å²) < 4.78 is 20.7. The average molecular weight is 313 g/mol. The predicted octanol–water partition coefficient (Wildman–Crippen LogP) is 3.06. The van der Waals surface area contributed by atoms with Gasteiger partial charge in [-0.1, -0.05) is 24.6 Å². The van der Waals surface area contributed by atoms with Crippen LogP contribution in [0.1, 0.15) is 30.0 Å². The number of aliphatic hydroxyl groups excluding tert-OH is 1. The van der Waals surface area contributed by atoms with Crippen molar-refractivity contribution in [3.05, 3.63) is 46.0 Å². The molecule has 1 atom stereocenters. The van der Waals surface area contributed by atoms with E-state index in [0.717, 1.165) is 5.69 Å². The molecular formula is C15H18ClFN2O2. The molecule has 0 bridgehead atoms. The number of hydrogen-bond donors (Lipinski definition) is 1. The molecular weight excluding hydrogens is 295 g/mol. The molecule has 1 unspecified atom stereocenters. The lowest BCUT2D eigenvalue weighted by atomic mass is 10.0. The van der Waals surface area contributed by atoms with Crippen molar-refractivity contribution in [1.29, 1.82) is 0 Å². The van der Waals surface area contributed by atoms with Crippen LogP contribution in [0, 0.1) is 5.82 Å². The van der Waals surface area contributed by atoms with E-state index in [1.165, 1.54) is 19.2 Å². The maximum atomic E-state index is 14.0. The van der Waals surface area contributed by atoms with Crippen LogP contribution in [0.25, 0.3) is 0 Å². The van der Waals surface area contributed by atoms with Gasteiger partial charge in [0.1, 0.15) is 11.6 Å². The Kier molecular flexibility index (Phi) is 4.85. The molecule has 21 heavy (non-hydrogen) atoms. The van der Waals surface area contributed by atoms with E-state index in [1.54, 1.807) is 17.8 Å². The largest absolute Gasteiger partial charge is 0.496 e. The van der Waals surface area contributed by atoms with Crippen LogP contribution in [-0.4, -0.2) is 22.0 Å². The van der Waals surface area contributed by atoms with Gasteiger partial charge >= 0.3 is 0 Å². The maximum Gasteiger partial charge on any atom is 0.132 e. The van der Waals surface area contributed by atoms with Gasteiger partial charge in [0.2, 0.25) is 0 Å². The number of methoxy groups -OCH3 is 1. The van der Waals surface area contributed by atoms with E-state index >= 15 is 0 Å². The zero-order valence-corrected chi connectivity index (χ0v) is 13.0. The minimum Gasteiger partial charge on any atom is -0.496 e. The molecule has 0 aliphatic heterocycles. The molecule has 2 rings (SSSR count). The van der Waals surface area contributed by atoms with Gasteiger partial charge in [-0.15, -0.1) is 0 Å². The first-order chi connectivity index (χ1) is 9.99. The number of aromatic nitrogens is 2. The monoisotopic (exact) mass is 312 g/mol. The van der Waals surface area contributed by atoms with Gasteiger partial charge in [-0.3, -0.25) is 4.68 Å². The average Bonchev–Trinajstić information content (AvgIpc) is 2.74. The molecule has 1 aromatic carbocycles. The molecule has 0 amide bonds. The zero-order valence-electron chi connectivity index (χ0n) is 12.2. The smallest absolute Gasteiger partial charge is 0.132 e. The van der Waals surface area contributed by atoms with Crippen molar-refractivity contribution in [3.63, 3.8) is 0 Å². The molecule has 1 heterocycles. The fraction of sp³-hybridized carbons (Fsp3) is 0.400. The van der Waals surface area contributed by atoms with Crippen molar-refractivity contribution in [3.8, 4) is 5.75 Å². The summed E-state index contributed by atoms with van der Waals surface area (Å²) in [6, 6.07) is 4.45. The Morgan fingerprint density at radius 1 is 1.48 bits per heavy atom. The molecule has 114 valence electrons. The number of halogens is 2. The van der Waals surface area contributed by atoms with Crippen LogP contribution in [0.5, 0.6) is 5.75 Å². The number of hydrogen-bond acceptors (Lipinski definition) is 3. The zero-order chi connectivity index (χ0) is 15.6. The summed E-state index contributed by atoms with van der Waals surface area (Å²) in [7, 11) is 3.20. The first kappa shape index (κ1) is 15.8. The number of aliphatic hydroxyl groups is 1. The highest BCUT2D eigenvalue weighted by molar-refractivity contribution is 6.31. The molecule has 0 saturated carbocycles. The van der Waals surface area contributed by atoms with E-state index in [2.05, 4.69) is 5.10 Å². The van der Waals surface area contributed by atoms with Gasteiger partial charge in [-0.25, -0.2) is 4.39 Å². The molecule has 2 aromatic rings. The number of benzene rings is 1. The van der Waals surface area contributed by atoms with E-state index in [-0.39, 0.29) is 12.0 Å². The molecule has 0 fully saturated rings. The molecule has 0 saturated heterocycles. The second-order valence-corrected chi connectivity index (χ2v) is 5.14. The lowest BCUT2D eigenvalue weighted by Crippen LogP contribution is -2.10. The van der Waals surface area contributed by atoms with Crippen LogP contribution in [0.2, 0.25) is 5.02 Å². The van der Waals surface area contributed by atoms with Gasteiger partial charge in [0.25, 0.3) is 0 Å². The van der Waals surface area contributed by atoms with Gasteiger partial charge in [0.15, 0.2) is 0 Å². The van der Waals surface area contributed by atoms with E-state index in [4.69, 9.17) is 16.3 Å². The van der Waals surface area contributed by atoms with Crippen LogP contribution >= 0.6 is 11.6 Å². The van der Waals surface area contributed by atoms with Gasteiger partial charge in [-0.2, -0.15) is 5.10 Å². The second kappa shape index (κ2) is 6.45. The van der Waals surface area contributed by atoms with Crippen molar-refractivity contribution in [2.75, 3.05) is 7.11 Å². The molecule has 0 aliphatic carbocycles. The van der Waals surface area contributed by atoms with Crippen molar-refractivity contribution in [1.82, 2.24) is 9.78 Å². The van der Waals surface area contributed by atoms with Crippen molar-refractivity contribution in [2.24, 2.45) is 7.05 Å². The molecule has 0 aliphatic rings. The quantitative estimate of drug-likeness (QED) is 0.923. The molecule has 1 N–H and O–H groups in total. The summed E-state index contributed by atoms with van der Waals surface area (Å²) in [5.41, 5.74) is 1.57. The van der Waals surface area contributed by atoms with E-state index in [1.807, 2.05) is 6.92 Å². The highest BCUT2D eigenvalue weighted by atomic mass is 35.5. The van der Waals surface area contributed by atoms with Crippen LogP contribution < -0.4 is 4.74 Å². The lowest BCUT2D eigenvalue weighted by Gasteiger charge is -2.16. The third-order valence-corrected chi connectivity index (χ3v) is 3.89. The van der Waals surface area contributed by atoms with Crippen molar-refractivity contribution >= 4 is 11.6 Å². The molecule has 0 radical (unpaired) electrons. The molecule has 1 aromatic heterocycles. The Balaban J connectivity index is 2.35. The first-order valence-electron chi connectivity index (χ1n) is 6.70. The Hall–Kier alpha value is -1.59. The SMILES string of the molecule is CCc1nn(C)c(CC(O)c2c(F)cccc2OC)c1Cl. The molecule has 4 nitrogen and oxygen atoms in total. The standard InChI is InChI=1S/C15H18ClFN2O2/c1-4-10-15(16)11(19(2)18-10)8-12(20)14-9(17)6-5-7-13(14)21-3/h5-7,12,20H,4,8H2,1-3H3. The molecule has 0 spiro atoms. The normalized spacial score (nSPS) is 12.5. The van der Waals surface area contributed by atoms with Crippen LogP contribution in [0.15, 0.2) is 18.2 Å². The van der Waals surface area contributed by atoms with Gasteiger partial charge in [0.05, 0.1) is 35.2 Å². The van der Waals surface area contributed by atoms with Crippen molar-refractivity contribution < 1.29 is 14.2 Å². The van der Waals surface area contributed by atoms with Gasteiger partial charge in [0, 0.05) is 13.5 Å². The van der Waals surface area contributed by atoms with Crippen LogP contribution in [-0.2, 0) is 19.9 Å². The fourth-order valence-corrected chi connectivity index (χ4v) is 2.72. The number of rotatable bonds is 5. The first-order valence-corrected chi connectivity index (χ1v) is 7.08. The highest BCUT2D eigenvalue weighted by Gasteiger charge is 2.22. The van der Waals surface area contributed by atoms with E-state index in [0.29, 0.717) is 22.9 Å². The second-order valence-electron chi connectivity index (χ2n) is 4.76. The lowest BCUT2D eigenvalue weighted by molar-refractivity contribution is 0.166. The van der Waals surface area contributed by atoms with Crippen LogP contribution in [0.3, 0.4) is 0 Å². The fourth-order valence-electron chi connectivity index (χ4n) is 2.35. The Morgan fingerprint density at radius 3 is 2.76 bits per heavy atom. The number of aryl methyl sites for hydroxylation is 2. The predicted molar refractivity (Wildman–Crippen MR) is 79.2 cm³/mol. The minimum atomic E-state index is -1.06. The van der Waals surface area contributed by atoms with Gasteiger partial charge in [-0.05, 0) is 18.6 Å². The summed E-state index contributed by atoms with van der Waals surface area (Å²) in [5, 5.41) is 15.2. The minimum absolute atomic E-state index is 0.135. The Morgan fingerprint density at radius 2 is 2.19 bits per heavy atom. The summed E-state index contributed by atoms with van der Waals surface area (Å²) in [4.78, 5) is 0. The summed E-state index contributed by atoms with van der Waals surface area (Å²) in [6.07, 6.45) is -0.190. The third-order valence-electron chi connectivity index (χ3n) is 3.46. The topological polar surface area (TPSA) is 47.3 Å².